The number of hydrogen-bond acceptors (Lipinski definition) is 3. The van der Waals surface area contributed by atoms with Crippen molar-refractivity contribution in [2.75, 3.05) is 20.6 Å². The normalized spacial score (nSPS) is 23.1. The summed E-state index contributed by atoms with van der Waals surface area (Å²) in [6, 6.07) is 0.237. The molecule has 0 radical (unpaired) electrons. The van der Waals surface area contributed by atoms with Crippen molar-refractivity contribution in [3.8, 4) is 0 Å². The number of carbonyl (C=O) groups excluding carboxylic acids is 1. The third kappa shape index (κ3) is 4.07. The average Bonchev–Trinajstić information content (AvgIpc) is 2.94. The molecule has 0 bridgehead atoms. The minimum absolute atomic E-state index is 0.118. The molecule has 1 aromatic heterocycles. The van der Waals surface area contributed by atoms with Gasteiger partial charge >= 0.3 is 0 Å². The van der Waals surface area contributed by atoms with E-state index in [1.807, 2.05) is 20.3 Å². The Balaban J connectivity index is 1.86. The summed E-state index contributed by atoms with van der Waals surface area (Å²) in [5, 5.41) is 3.22. The van der Waals surface area contributed by atoms with Crippen molar-refractivity contribution in [3.05, 3.63) is 18.2 Å². The number of likely N-dealkylation sites (N-methyl/N-ethyl adjacent to an activating group) is 1. The number of hydrogen-bond donors (Lipinski definition) is 2. The fraction of sp³-hybridized carbons (Fsp3) is 0.733. The molecule has 0 saturated heterocycles. The summed E-state index contributed by atoms with van der Waals surface area (Å²) in [7, 11) is 4.09. The minimum atomic E-state index is 0.118. The zero-order valence-corrected chi connectivity index (χ0v) is 12.9. The number of imidazole rings is 1. The first-order chi connectivity index (χ1) is 9.47. The van der Waals surface area contributed by atoms with Crippen molar-refractivity contribution >= 4 is 5.91 Å². The highest BCUT2D eigenvalue weighted by Gasteiger charge is 2.45. The lowest BCUT2D eigenvalue weighted by Crippen LogP contribution is -2.43. The topological polar surface area (TPSA) is 61.0 Å². The van der Waals surface area contributed by atoms with Gasteiger partial charge in [0.25, 0.3) is 0 Å². The number of rotatable bonds is 7. The summed E-state index contributed by atoms with van der Waals surface area (Å²) < 4.78 is 0. The van der Waals surface area contributed by atoms with Gasteiger partial charge in [0.05, 0.1) is 6.33 Å². The van der Waals surface area contributed by atoms with Crippen molar-refractivity contribution < 1.29 is 4.79 Å². The van der Waals surface area contributed by atoms with E-state index in [4.69, 9.17) is 0 Å². The third-order valence-corrected chi connectivity index (χ3v) is 3.73. The first-order valence-electron chi connectivity index (χ1n) is 7.40. The monoisotopic (exact) mass is 278 g/mol. The maximum absolute atomic E-state index is 12.3. The number of aromatic amines is 1. The van der Waals surface area contributed by atoms with Gasteiger partial charge in [0.2, 0.25) is 5.91 Å². The summed E-state index contributed by atoms with van der Waals surface area (Å²) in [5.41, 5.74) is 1.08. The van der Waals surface area contributed by atoms with Crippen LogP contribution in [-0.4, -0.2) is 47.5 Å². The predicted molar refractivity (Wildman–Crippen MR) is 79.4 cm³/mol. The third-order valence-electron chi connectivity index (χ3n) is 3.73. The Bertz CT molecular complexity index is 417. The maximum Gasteiger partial charge on any atom is 0.224 e. The number of nitrogens with one attached hydrogen (secondary N) is 2. The van der Waals surface area contributed by atoms with Gasteiger partial charge in [0.1, 0.15) is 0 Å². The quantitative estimate of drug-likeness (QED) is 0.796. The van der Waals surface area contributed by atoms with Crippen LogP contribution in [0.2, 0.25) is 0 Å². The Hall–Kier alpha value is -1.36. The Morgan fingerprint density at radius 2 is 2.30 bits per heavy atom. The number of H-pyrrole nitrogens is 1. The van der Waals surface area contributed by atoms with Crippen LogP contribution in [0.1, 0.15) is 38.3 Å². The van der Waals surface area contributed by atoms with Gasteiger partial charge in [-0.1, -0.05) is 13.8 Å². The molecule has 0 unspecified atom stereocenters. The summed E-state index contributed by atoms with van der Waals surface area (Å²) in [4.78, 5) is 21.6. The van der Waals surface area contributed by atoms with Crippen molar-refractivity contribution in [1.82, 2.24) is 20.2 Å². The van der Waals surface area contributed by atoms with Crippen molar-refractivity contribution in [2.45, 2.75) is 38.6 Å². The second-order valence-electron chi connectivity index (χ2n) is 6.55. The largest absolute Gasteiger partial charge is 0.352 e. The molecule has 112 valence electrons. The maximum atomic E-state index is 12.3. The second-order valence-corrected chi connectivity index (χ2v) is 6.55. The van der Waals surface area contributed by atoms with Crippen molar-refractivity contribution in [3.63, 3.8) is 0 Å². The molecule has 5 nitrogen and oxygen atoms in total. The van der Waals surface area contributed by atoms with Crippen LogP contribution in [0.5, 0.6) is 0 Å². The van der Waals surface area contributed by atoms with E-state index in [0.29, 0.717) is 11.8 Å². The van der Waals surface area contributed by atoms with Crippen LogP contribution in [0.4, 0.5) is 0 Å². The average molecular weight is 278 g/mol. The first kappa shape index (κ1) is 15.0. The van der Waals surface area contributed by atoms with E-state index in [9.17, 15) is 4.79 Å². The van der Waals surface area contributed by atoms with Gasteiger partial charge in [-0.2, -0.15) is 0 Å². The minimum Gasteiger partial charge on any atom is -0.352 e. The molecule has 1 heterocycles. The SMILES string of the molecule is CC(C)C[C@@H](CN(C)C)NC(=O)[C@@H]1C[C@H]1c1cnc[nH]1. The van der Waals surface area contributed by atoms with Crippen LogP contribution in [0.15, 0.2) is 12.5 Å². The standard InChI is InChI=1S/C15H26N4O/c1-10(2)5-11(8-19(3)4)18-15(20)13-6-12(13)14-7-16-9-17-14/h7,9-13H,5-6,8H2,1-4H3,(H,16,17)(H,18,20)/t11-,12+,13+/m0/s1. The van der Waals surface area contributed by atoms with Gasteiger partial charge in [-0.15, -0.1) is 0 Å². The summed E-state index contributed by atoms with van der Waals surface area (Å²) in [6.07, 6.45) is 5.45. The van der Waals surface area contributed by atoms with Gasteiger partial charge in [-0.05, 0) is 32.9 Å². The molecule has 0 aliphatic heterocycles. The molecular weight excluding hydrogens is 252 g/mol. The molecule has 0 aromatic carbocycles. The summed E-state index contributed by atoms with van der Waals surface area (Å²) >= 11 is 0. The molecule has 5 heteroatoms. The van der Waals surface area contributed by atoms with Gasteiger partial charge in [0, 0.05) is 36.3 Å². The molecule has 20 heavy (non-hydrogen) atoms. The van der Waals surface area contributed by atoms with Crippen LogP contribution in [0.3, 0.4) is 0 Å². The number of carbonyl (C=O) groups is 1. The molecule has 2 rings (SSSR count). The van der Waals surface area contributed by atoms with Crippen molar-refractivity contribution in [1.29, 1.82) is 0 Å². The summed E-state index contributed by atoms with van der Waals surface area (Å²) in [5.74, 6) is 1.23. The zero-order chi connectivity index (χ0) is 14.7. The highest BCUT2D eigenvalue weighted by molar-refractivity contribution is 5.83. The van der Waals surface area contributed by atoms with E-state index in [2.05, 4.69) is 34.0 Å². The highest BCUT2D eigenvalue weighted by atomic mass is 16.2. The number of amides is 1. The first-order valence-corrected chi connectivity index (χ1v) is 7.40. The molecule has 1 aliphatic rings. The Morgan fingerprint density at radius 1 is 1.55 bits per heavy atom. The van der Waals surface area contributed by atoms with Gasteiger partial charge < -0.3 is 15.2 Å². The molecule has 3 atom stereocenters. The van der Waals surface area contributed by atoms with Crippen molar-refractivity contribution in [2.24, 2.45) is 11.8 Å². The molecule has 1 saturated carbocycles. The lowest BCUT2D eigenvalue weighted by atomic mass is 10.0. The van der Waals surface area contributed by atoms with Crippen LogP contribution >= 0.6 is 0 Å². The Labute approximate surface area is 121 Å². The molecular formula is C15H26N4O. The lowest BCUT2D eigenvalue weighted by Gasteiger charge is -2.24. The molecule has 1 aliphatic carbocycles. The van der Waals surface area contributed by atoms with Crippen LogP contribution in [0.25, 0.3) is 0 Å². The lowest BCUT2D eigenvalue weighted by molar-refractivity contribution is -0.123. The van der Waals surface area contributed by atoms with E-state index in [0.717, 1.165) is 25.1 Å². The summed E-state index contributed by atoms with van der Waals surface area (Å²) in [6.45, 7) is 5.28. The number of aromatic nitrogens is 2. The van der Waals surface area contributed by atoms with E-state index in [1.165, 1.54) is 0 Å². The van der Waals surface area contributed by atoms with Crippen LogP contribution in [0, 0.1) is 11.8 Å². The Morgan fingerprint density at radius 3 is 2.85 bits per heavy atom. The van der Waals surface area contributed by atoms with E-state index < -0.39 is 0 Å². The fourth-order valence-corrected chi connectivity index (χ4v) is 2.80. The second kappa shape index (κ2) is 6.39. The highest BCUT2D eigenvalue weighted by Crippen LogP contribution is 2.46. The van der Waals surface area contributed by atoms with E-state index in [-0.39, 0.29) is 17.9 Å². The van der Waals surface area contributed by atoms with E-state index >= 15 is 0 Å². The van der Waals surface area contributed by atoms with Crippen LogP contribution in [-0.2, 0) is 4.79 Å². The smallest absolute Gasteiger partial charge is 0.224 e. The molecule has 1 amide bonds. The number of nitrogens with zero attached hydrogens (tertiary/aromatic N) is 2. The van der Waals surface area contributed by atoms with Gasteiger partial charge in [-0.25, -0.2) is 4.98 Å². The fourth-order valence-electron chi connectivity index (χ4n) is 2.80. The molecule has 2 N–H and O–H groups in total. The van der Waals surface area contributed by atoms with Gasteiger partial charge in [-0.3, -0.25) is 4.79 Å². The predicted octanol–water partition coefficient (Wildman–Crippen LogP) is 1.61. The Kier molecular flexibility index (Phi) is 4.81. The molecule has 1 aromatic rings. The van der Waals surface area contributed by atoms with Crippen LogP contribution < -0.4 is 5.32 Å². The zero-order valence-electron chi connectivity index (χ0n) is 12.9. The molecule has 0 spiro atoms. The van der Waals surface area contributed by atoms with E-state index in [1.54, 1.807) is 6.33 Å². The van der Waals surface area contributed by atoms with Gasteiger partial charge in [0.15, 0.2) is 0 Å². The molecule has 1 fully saturated rings.